The van der Waals surface area contributed by atoms with E-state index in [0.717, 1.165) is 11.8 Å². The molecule has 0 radical (unpaired) electrons. The average Bonchev–Trinajstić information content (AvgIpc) is 2.31. The van der Waals surface area contributed by atoms with Gasteiger partial charge in [0, 0.05) is 9.49 Å². The number of hydrogen-bond acceptors (Lipinski definition) is 1. The maximum atomic E-state index is 2.40. The second kappa shape index (κ2) is 7.07. The second-order valence-electron chi connectivity index (χ2n) is 5.96. The highest BCUT2D eigenvalue weighted by Crippen LogP contribution is 2.52. The molecule has 0 amide bonds. The van der Waals surface area contributed by atoms with Crippen molar-refractivity contribution in [2.24, 2.45) is 11.8 Å². The molecule has 0 aliphatic heterocycles. The van der Waals surface area contributed by atoms with Gasteiger partial charge in [-0.1, -0.05) is 55.4 Å². The largest absolute Gasteiger partial charge is 0.148 e. The summed E-state index contributed by atoms with van der Waals surface area (Å²) in [6.45, 7) is 19.1. The maximum Gasteiger partial charge on any atom is 0.0183 e. The Morgan fingerprint density at radius 2 is 0.882 bits per heavy atom. The van der Waals surface area contributed by atoms with E-state index in [1.165, 1.54) is 25.7 Å². The minimum Gasteiger partial charge on any atom is -0.148 e. The van der Waals surface area contributed by atoms with Crippen LogP contribution in [0.2, 0.25) is 0 Å². The van der Waals surface area contributed by atoms with E-state index in [1.54, 1.807) is 0 Å². The molecule has 0 aliphatic rings. The van der Waals surface area contributed by atoms with Crippen LogP contribution in [-0.4, -0.2) is 9.49 Å². The normalized spacial score (nSPS) is 13.8. The van der Waals surface area contributed by atoms with Crippen LogP contribution in [-0.2, 0) is 0 Å². The average molecular weight is 259 g/mol. The summed E-state index contributed by atoms with van der Waals surface area (Å²) in [6.07, 6.45) is 5.17. The zero-order valence-electron chi connectivity index (χ0n) is 13.4. The standard InChI is InChI=1S/C16H34S/c1-9-15(10-2,13(5)6)17-16(11-3,12-4)14(7)8/h13-14H,9-12H2,1-8H3. The van der Waals surface area contributed by atoms with Crippen LogP contribution in [0.4, 0.5) is 0 Å². The molecule has 0 aliphatic carbocycles. The van der Waals surface area contributed by atoms with Crippen molar-refractivity contribution in [2.45, 2.75) is 90.6 Å². The van der Waals surface area contributed by atoms with E-state index in [9.17, 15) is 0 Å². The quantitative estimate of drug-likeness (QED) is 0.503. The zero-order chi connectivity index (χ0) is 13.7. The van der Waals surface area contributed by atoms with Crippen LogP contribution in [0.5, 0.6) is 0 Å². The highest BCUT2D eigenvalue weighted by atomic mass is 32.2. The van der Waals surface area contributed by atoms with E-state index < -0.39 is 0 Å². The van der Waals surface area contributed by atoms with Gasteiger partial charge in [0.1, 0.15) is 0 Å². The molecule has 1 heteroatoms. The fourth-order valence-corrected chi connectivity index (χ4v) is 4.92. The Balaban J connectivity index is 5.18. The zero-order valence-corrected chi connectivity index (χ0v) is 14.2. The van der Waals surface area contributed by atoms with Gasteiger partial charge in [-0.3, -0.25) is 0 Å². The first-order valence-corrected chi connectivity index (χ1v) is 8.35. The van der Waals surface area contributed by atoms with E-state index in [1.807, 2.05) is 0 Å². The van der Waals surface area contributed by atoms with Crippen molar-refractivity contribution < 1.29 is 0 Å². The minimum atomic E-state index is 0.469. The molecule has 0 fully saturated rings. The van der Waals surface area contributed by atoms with Gasteiger partial charge in [-0.25, -0.2) is 0 Å². The van der Waals surface area contributed by atoms with E-state index in [-0.39, 0.29) is 0 Å². The number of rotatable bonds is 8. The van der Waals surface area contributed by atoms with Crippen LogP contribution in [0, 0.1) is 11.8 Å². The number of thioether (sulfide) groups is 1. The van der Waals surface area contributed by atoms with E-state index >= 15 is 0 Å². The summed E-state index contributed by atoms with van der Waals surface area (Å²) in [6, 6.07) is 0. The lowest BCUT2D eigenvalue weighted by molar-refractivity contribution is 0.369. The van der Waals surface area contributed by atoms with Gasteiger partial charge in [-0.2, -0.15) is 0 Å². The third-order valence-electron chi connectivity index (χ3n) is 4.90. The molecule has 0 saturated heterocycles. The van der Waals surface area contributed by atoms with Gasteiger partial charge < -0.3 is 0 Å². The van der Waals surface area contributed by atoms with Crippen LogP contribution in [0.3, 0.4) is 0 Å². The van der Waals surface area contributed by atoms with Crippen molar-refractivity contribution in [2.75, 3.05) is 0 Å². The second-order valence-corrected chi connectivity index (χ2v) is 7.79. The van der Waals surface area contributed by atoms with E-state index in [0.29, 0.717) is 9.49 Å². The van der Waals surface area contributed by atoms with Crippen LogP contribution >= 0.6 is 11.8 Å². The van der Waals surface area contributed by atoms with Gasteiger partial charge in [0.25, 0.3) is 0 Å². The minimum absolute atomic E-state index is 0.469. The molecule has 0 nitrogen and oxygen atoms in total. The topological polar surface area (TPSA) is 0 Å². The summed E-state index contributed by atoms with van der Waals surface area (Å²) in [7, 11) is 0. The first-order chi connectivity index (χ1) is 7.84. The lowest BCUT2D eigenvalue weighted by Gasteiger charge is -2.46. The lowest BCUT2D eigenvalue weighted by atomic mass is 9.88. The molecule has 0 aromatic heterocycles. The van der Waals surface area contributed by atoms with Gasteiger partial charge in [0.15, 0.2) is 0 Å². The van der Waals surface area contributed by atoms with Crippen LogP contribution < -0.4 is 0 Å². The SMILES string of the molecule is CCC(CC)(SC(CC)(CC)C(C)C)C(C)C. The molecule has 0 N–H and O–H groups in total. The predicted octanol–water partition coefficient (Wildman–Crippen LogP) is 6.15. The van der Waals surface area contributed by atoms with Crippen LogP contribution in [0.1, 0.15) is 81.1 Å². The summed E-state index contributed by atoms with van der Waals surface area (Å²) in [5.74, 6) is 1.53. The fraction of sp³-hybridized carbons (Fsp3) is 1.00. The predicted molar refractivity (Wildman–Crippen MR) is 83.9 cm³/mol. The third-order valence-corrected chi connectivity index (χ3v) is 7.82. The van der Waals surface area contributed by atoms with Crippen molar-refractivity contribution in [1.29, 1.82) is 0 Å². The van der Waals surface area contributed by atoms with Crippen molar-refractivity contribution >= 4 is 11.8 Å². The Morgan fingerprint density at radius 3 is 1.00 bits per heavy atom. The highest BCUT2D eigenvalue weighted by Gasteiger charge is 2.41. The third kappa shape index (κ3) is 3.66. The smallest absolute Gasteiger partial charge is 0.0183 e. The summed E-state index contributed by atoms with van der Waals surface area (Å²) in [5, 5.41) is 0. The fourth-order valence-electron chi connectivity index (χ4n) is 3.06. The Labute approximate surface area is 114 Å². The molecule has 0 unspecified atom stereocenters. The highest BCUT2D eigenvalue weighted by molar-refractivity contribution is 8.02. The molecule has 0 aromatic rings. The molecule has 0 bridgehead atoms. The maximum absolute atomic E-state index is 2.40. The first kappa shape index (κ1) is 17.4. The molecule has 17 heavy (non-hydrogen) atoms. The van der Waals surface area contributed by atoms with Crippen molar-refractivity contribution in [3.05, 3.63) is 0 Å². The molecule has 0 saturated carbocycles. The number of hydrogen-bond donors (Lipinski definition) is 0. The summed E-state index contributed by atoms with van der Waals surface area (Å²) >= 11 is 2.30. The Bertz CT molecular complexity index is 176. The Morgan fingerprint density at radius 1 is 0.647 bits per heavy atom. The van der Waals surface area contributed by atoms with Gasteiger partial charge in [-0.05, 0) is 37.5 Å². The monoisotopic (exact) mass is 258 g/mol. The Kier molecular flexibility index (Phi) is 7.21. The molecule has 0 atom stereocenters. The molecule has 104 valence electrons. The van der Waals surface area contributed by atoms with Crippen LogP contribution in [0.15, 0.2) is 0 Å². The lowest BCUT2D eigenvalue weighted by Crippen LogP contribution is -2.40. The van der Waals surface area contributed by atoms with Gasteiger partial charge >= 0.3 is 0 Å². The van der Waals surface area contributed by atoms with Crippen LogP contribution in [0.25, 0.3) is 0 Å². The molecule has 0 heterocycles. The molecule has 0 rings (SSSR count). The summed E-state index contributed by atoms with van der Waals surface area (Å²) in [4.78, 5) is 0. The van der Waals surface area contributed by atoms with Crippen molar-refractivity contribution in [3.8, 4) is 0 Å². The van der Waals surface area contributed by atoms with Gasteiger partial charge in [0.2, 0.25) is 0 Å². The van der Waals surface area contributed by atoms with Crippen molar-refractivity contribution in [3.63, 3.8) is 0 Å². The first-order valence-electron chi connectivity index (χ1n) is 7.54. The molecular formula is C16H34S. The van der Waals surface area contributed by atoms with E-state index in [2.05, 4.69) is 67.2 Å². The molecular weight excluding hydrogens is 224 g/mol. The molecule has 0 spiro atoms. The molecule has 0 aromatic carbocycles. The van der Waals surface area contributed by atoms with Gasteiger partial charge in [0.05, 0.1) is 0 Å². The van der Waals surface area contributed by atoms with Crippen molar-refractivity contribution in [1.82, 2.24) is 0 Å². The van der Waals surface area contributed by atoms with Gasteiger partial charge in [-0.15, -0.1) is 11.8 Å². The van der Waals surface area contributed by atoms with E-state index in [4.69, 9.17) is 0 Å². The Hall–Kier alpha value is 0.350. The summed E-state index contributed by atoms with van der Waals surface area (Å²) in [5.41, 5.74) is 0. The summed E-state index contributed by atoms with van der Waals surface area (Å²) < 4.78 is 0.937.